The Balaban J connectivity index is 4.59. The van der Waals surface area contributed by atoms with Gasteiger partial charge >= 0.3 is 17.9 Å². The minimum Gasteiger partial charge on any atom is -0.462 e. The number of hydrogen-bond acceptors (Lipinski definition) is 6. The molecule has 0 amide bonds. The third-order valence-electron chi connectivity index (χ3n) is 12.6. The number of carbonyl (C=O) groups is 3. The van der Waals surface area contributed by atoms with Gasteiger partial charge in [0.05, 0.1) is 0 Å². The molecule has 0 aromatic carbocycles. The van der Waals surface area contributed by atoms with Gasteiger partial charge in [-0.15, -0.1) is 0 Å². The Kier molecular flexibility index (Phi) is 62.0. The molecule has 0 N–H and O–H groups in total. The molecule has 81 heavy (non-hydrogen) atoms. The maximum absolute atomic E-state index is 12.9. The van der Waals surface area contributed by atoms with Crippen LogP contribution in [0.4, 0.5) is 0 Å². The fraction of sp³-hybridized carbons (Fsp3) is 0.533. The van der Waals surface area contributed by atoms with Gasteiger partial charge in [0.25, 0.3) is 0 Å². The van der Waals surface area contributed by atoms with Crippen LogP contribution in [0.2, 0.25) is 0 Å². The summed E-state index contributed by atoms with van der Waals surface area (Å²) < 4.78 is 16.8. The van der Waals surface area contributed by atoms with Crippen molar-refractivity contribution in [3.63, 3.8) is 0 Å². The van der Waals surface area contributed by atoms with E-state index in [0.717, 1.165) is 161 Å². The lowest BCUT2D eigenvalue weighted by Gasteiger charge is -2.18. The number of unbranched alkanes of at least 4 members (excludes halogenated alkanes) is 12. The molecule has 6 heteroatoms. The molecule has 1 unspecified atom stereocenters. The molecule has 0 aromatic heterocycles. The van der Waals surface area contributed by atoms with Crippen LogP contribution in [0.15, 0.2) is 194 Å². The lowest BCUT2D eigenvalue weighted by atomic mass is 10.1. The molecular weight excluding hydrogens is 997 g/mol. The van der Waals surface area contributed by atoms with Gasteiger partial charge in [0, 0.05) is 19.3 Å². The van der Waals surface area contributed by atoms with Crippen molar-refractivity contribution in [2.45, 2.75) is 245 Å². The van der Waals surface area contributed by atoms with Crippen molar-refractivity contribution in [1.82, 2.24) is 0 Å². The highest BCUT2D eigenvalue weighted by Gasteiger charge is 2.19. The van der Waals surface area contributed by atoms with Crippen molar-refractivity contribution in [3.8, 4) is 0 Å². The standard InChI is InChI=1S/C75H114O6/c1-4-7-10-13-16-19-22-25-28-30-32-34-35-36-37-38-39-41-42-44-47-50-53-56-59-62-65-68-74(77)80-71-72(70-79-73(76)67-64-61-58-55-52-49-46-27-24-21-18-15-12-9-6-3)81-75(78)69-66-63-60-57-54-51-48-45-43-40-33-31-29-26-23-20-17-14-11-8-5-2/h7-8,10-11,16-21,25-29,32-34,36-37,39-41,44-48,53-54,56-57,72H,4-6,9,12-15,22-24,30-31,35,38,42-43,49-52,55,58-71H2,1-3H3/b10-7-,11-8-,19-16-,20-17-,21-18-,28-25-,29-26-,34-32-,37-36-,40-33-,41-39-,46-27-,47-44-,48-45-,56-53-,57-54-. The van der Waals surface area contributed by atoms with E-state index in [1.807, 2.05) is 0 Å². The van der Waals surface area contributed by atoms with E-state index in [4.69, 9.17) is 14.2 Å². The predicted octanol–water partition coefficient (Wildman–Crippen LogP) is 22.2. The van der Waals surface area contributed by atoms with Crippen LogP contribution in [0, 0.1) is 0 Å². The van der Waals surface area contributed by atoms with Crippen molar-refractivity contribution in [2.24, 2.45) is 0 Å². The van der Waals surface area contributed by atoms with E-state index >= 15 is 0 Å². The van der Waals surface area contributed by atoms with E-state index < -0.39 is 6.10 Å². The number of esters is 3. The van der Waals surface area contributed by atoms with Gasteiger partial charge < -0.3 is 14.2 Å². The monoisotopic (exact) mass is 1110 g/mol. The number of carbonyl (C=O) groups excluding carboxylic acids is 3. The van der Waals surface area contributed by atoms with Gasteiger partial charge in [0.1, 0.15) is 13.2 Å². The van der Waals surface area contributed by atoms with Crippen LogP contribution in [-0.4, -0.2) is 37.2 Å². The zero-order valence-corrected chi connectivity index (χ0v) is 51.5. The fourth-order valence-electron chi connectivity index (χ4n) is 7.84. The number of allylic oxidation sites excluding steroid dienone is 32. The van der Waals surface area contributed by atoms with E-state index in [0.29, 0.717) is 19.3 Å². The van der Waals surface area contributed by atoms with Gasteiger partial charge in [0.2, 0.25) is 0 Å². The predicted molar refractivity (Wildman–Crippen MR) is 352 cm³/mol. The van der Waals surface area contributed by atoms with Crippen LogP contribution >= 0.6 is 0 Å². The van der Waals surface area contributed by atoms with Crippen LogP contribution < -0.4 is 0 Å². The maximum Gasteiger partial charge on any atom is 0.306 e. The Morgan fingerprint density at radius 2 is 0.481 bits per heavy atom. The average Bonchev–Trinajstić information content (AvgIpc) is 3.47. The molecule has 0 radical (unpaired) electrons. The van der Waals surface area contributed by atoms with Crippen LogP contribution in [0.3, 0.4) is 0 Å². The second kappa shape index (κ2) is 66.8. The van der Waals surface area contributed by atoms with Crippen molar-refractivity contribution in [1.29, 1.82) is 0 Å². The quantitative estimate of drug-likeness (QED) is 0.0261. The Bertz CT molecular complexity index is 1950. The summed E-state index contributed by atoms with van der Waals surface area (Å²) in [4.78, 5) is 38.3. The second-order valence-electron chi connectivity index (χ2n) is 20.2. The molecule has 0 aromatic rings. The molecule has 6 nitrogen and oxygen atoms in total. The lowest BCUT2D eigenvalue weighted by Crippen LogP contribution is -2.30. The molecular formula is C75H114O6. The third kappa shape index (κ3) is 64.9. The fourth-order valence-corrected chi connectivity index (χ4v) is 7.84. The molecule has 0 fully saturated rings. The largest absolute Gasteiger partial charge is 0.462 e. The minimum absolute atomic E-state index is 0.128. The Morgan fingerprint density at radius 3 is 0.778 bits per heavy atom. The zero-order valence-electron chi connectivity index (χ0n) is 51.5. The Morgan fingerprint density at radius 1 is 0.259 bits per heavy atom. The summed E-state index contributed by atoms with van der Waals surface area (Å²) >= 11 is 0. The molecule has 0 aliphatic heterocycles. The molecule has 0 aliphatic carbocycles. The first-order chi connectivity index (χ1) is 40.0. The van der Waals surface area contributed by atoms with Gasteiger partial charge in [-0.3, -0.25) is 14.4 Å². The molecule has 0 aliphatic rings. The van der Waals surface area contributed by atoms with Crippen LogP contribution in [0.1, 0.15) is 239 Å². The topological polar surface area (TPSA) is 78.9 Å². The van der Waals surface area contributed by atoms with Crippen LogP contribution in [0.25, 0.3) is 0 Å². The van der Waals surface area contributed by atoms with Crippen molar-refractivity contribution in [2.75, 3.05) is 13.2 Å². The zero-order chi connectivity index (χ0) is 58.5. The van der Waals surface area contributed by atoms with E-state index in [2.05, 4.69) is 215 Å². The lowest BCUT2D eigenvalue weighted by molar-refractivity contribution is -0.167. The van der Waals surface area contributed by atoms with Gasteiger partial charge in [0.15, 0.2) is 6.10 Å². The smallest absolute Gasteiger partial charge is 0.306 e. The van der Waals surface area contributed by atoms with Crippen molar-refractivity contribution >= 4 is 17.9 Å². The first kappa shape index (κ1) is 75.2. The minimum atomic E-state index is -0.839. The summed E-state index contributed by atoms with van der Waals surface area (Å²) in [5.41, 5.74) is 0. The average molecular weight is 1110 g/mol. The van der Waals surface area contributed by atoms with Crippen LogP contribution in [0.5, 0.6) is 0 Å². The second-order valence-corrected chi connectivity index (χ2v) is 20.2. The van der Waals surface area contributed by atoms with Gasteiger partial charge in [-0.1, -0.05) is 247 Å². The SMILES string of the molecule is CC/C=C\C/C=C\C/C=C\C/C=C\C/C=C\C/C=C\C/C=C\C/C=C\CCCCC(=O)OCC(COC(=O)CCCCCCC/C=C\C/C=C\CCCCC)OC(=O)CCCC/C=C\C/C=C\C/C=C\C/C=C\C/C=C\C/C=C\CC. The highest BCUT2D eigenvalue weighted by Crippen LogP contribution is 2.12. The first-order valence-electron chi connectivity index (χ1n) is 31.9. The van der Waals surface area contributed by atoms with Crippen LogP contribution in [-0.2, 0) is 28.6 Å². The molecule has 0 heterocycles. The molecule has 450 valence electrons. The third-order valence-corrected chi connectivity index (χ3v) is 12.6. The normalized spacial score (nSPS) is 13.5. The van der Waals surface area contributed by atoms with E-state index in [-0.39, 0.29) is 44.0 Å². The summed E-state index contributed by atoms with van der Waals surface area (Å²) in [6, 6.07) is 0. The summed E-state index contributed by atoms with van der Waals surface area (Å²) in [6.07, 6.45) is 101. The molecule has 0 saturated carbocycles. The van der Waals surface area contributed by atoms with E-state index in [9.17, 15) is 14.4 Å². The summed E-state index contributed by atoms with van der Waals surface area (Å²) in [7, 11) is 0. The molecule has 0 spiro atoms. The van der Waals surface area contributed by atoms with E-state index in [1.165, 1.54) is 25.7 Å². The van der Waals surface area contributed by atoms with Gasteiger partial charge in [-0.25, -0.2) is 0 Å². The molecule has 0 bridgehead atoms. The number of rotatable bonds is 55. The number of ether oxygens (including phenoxy) is 3. The summed E-state index contributed by atoms with van der Waals surface area (Å²) in [5.74, 6) is -1.04. The highest BCUT2D eigenvalue weighted by atomic mass is 16.6. The highest BCUT2D eigenvalue weighted by molar-refractivity contribution is 5.71. The molecule has 0 rings (SSSR count). The van der Waals surface area contributed by atoms with Gasteiger partial charge in [-0.05, 0) is 167 Å². The van der Waals surface area contributed by atoms with Crippen molar-refractivity contribution in [3.05, 3.63) is 194 Å². The molecule has 0 saturated heterocycles. The summed E-state index contributed by atoms with van der Waals surface area (Å²) in [5, 5.41) is 0. The Hall–Kier alpha value is -5.75. The summed E-state index contributed by atoms with van der Waals surface area (Å²) in [6.45, 7) is 6.28. The van der Waals surface area contributed by atoms with E-state index in [1.54, 1.807) is 0 Å². The molecule has 1 atom stereocenters. The Labute approximate surface area is 497 Å². The first-order valence-corrected chi connectivity index (χ1v) is 31.9. The van der Waals surface area contributed by atoms with Gasteiger partial charge in [-0.2, -0.15) is 0 Å². The number of hydrogen-bond donors (Lipinski definition) is 0. The maximum atomic E-state index is 12.9. The van der Waals surface area contributed by atoms with Crippen molar-refractivity contribution < 1.29 is 28.6 Å².